The molecule has 0 aliphatic carbocycles. The van der Waals surface area contributed by atoms with Crippen LogP contribution in [0.4, 0.5) is 0 Å². The number of aliphatic hydroxyl groups is 1. The first-order valence-corrected chi connectivity index (χ1v) is 13.2. The van der Waals surface area contributed by atoms with Crippen LogP contribution in [-0.4, -0.2) is 47.3 Å². The topological polar surface area (TPSA) is 66.4 Å². The maximum absolute atomic E-state index is 10.9. The van der Waals surface area contributed by atoms with Crippen LogP contribution in [0.1, 0.15) is 16.7 Å². The van der Waals surface area contributed by atoms with E-state index in [9.17, 15) is 5.11 Å². The molecule has 5 atom stereocenters. The van der Waals surface area contributed by atoms with Crippen LogP contribution in [0.25, 0.3) is 0 Å². The van der Waals surface area contributed by atoms with Gasteiger partial charge in [-0.05, 0) is 28.8 Å². The van der Waals surface area contributed by atoms with Gasteiger partial charge < -0.3 is 28.8 Å². The fourth-order valence-electron chi connectivity index (χ4n) is 4.04. The molecule has 1 aliphatic rings. The summed E-state index contributed by atoms with van der Waals surface area (Å²) in [6.07, 6.45) is -3.14. The van der Waals surface area contributed by atoms with E-state index < -0.39 is 24.6 Å². The highest BCUT2D eigenvalue weighted by Crippen LogP contribution is 2.30. The van der Waals surface area contributed by atoms with Gasteiger partial charge in [0.25, 0.3) is 0 Å². The number of alkyl halides is 1. The van der Waals surface area contributed by atoms with Gasteiger partial charge >= 0.3 is 0 Å². The Morgan fingerprint density at radius 2 is 1.17 bits per heavy atom. The van der Waals surface area contributed by atoms with Crippen LogP contribution in [0.2, 0.25) is 0 Å². The van der Waals surface area contributed by atoms with Crippen molar-refractivity contribution in [2.75, 3.05) is 11.5 Å². The number of ether oxygens (including phenoxy) is 5. The van der Waals surface area contributed by atoms with Gasteiger partial charge in [-0.25, -0.2) is 0 Å². The molecule has 186 valence electrons. The second kappa shape index (κ2) is 13.3. The molecule has 0 spiro atoms. The predicted molar refractivity (Wildman–Crippen MR) is 141 cm³/mol. The summed E-state index contributed by atoms with van der Waals surface area (Å²) in [7, 11) is 1.63. The van der Waals surface area contributed by atoms with E-state index in [1.165, 1.54) is 0 Å². The Balaban J connectivity index is 1.52. The summed E-state index contributed by atoms with van der Waals surface area (Å²) in [5, 5.41) is 10.9. The van der Waals surface area contributed by atoms with Crippen molar-refractivity contribution in [1.29, 1.82) is 0 Å². The number of rotatable bonds is 11. The van der Waals surface area contributed by atoms with Gasteiger partial charge in [0.1, 0.15) is 24.1 Å². The molecule has 3 unspecified atom stereocenters. The van der Waals surface area contributed by atoms with Crippen molar-refractivity contribution in [3.05, 3.63) is 102 Å². The first-order chi connectivity index (χ1) is 17.2. The lowest BCUT2D eigenvalue weighted by molar-refractivity contribution is -0.306. The minimum absolute atomic E-state index is 0.292. The van der Waals surface area contributed by atoms with E-state index in [1.54, 1.807) is 7.11 Å². The zero-order chi connectivity index (χ0) is 24.5. The van der Waals surface area contributed by atoms with Gasteiger partial charge in [0.2, 0.25) is 0 Å². The van der Waals surface area contributed by atoms with Crippen molar-refractivity contribution < 1.29 is 28.8 Å². The average Bonchev–Trinajstić information content (AvgIpc) is 2.91. The summed E-state index contributed by atoms with van der Waals surface area (Å²) >= 11 is 2.26. The molecule has 3 aromatic rings. The molecule has 3 aromatic carbocycles. The lowest BCUT2D eigenvalue weighted by Crippen LogP contribution is -2.60. The molecule has 7 heteroatoms. The highest BCUT2D eigenvalue weighted by molar-refractivity contribution is 14.1. The number of hydrogen-bond donors (Lipinski definition) is 1. The van der Waals surface area contributed by atoms with Crippen molar-refractivity contribution in [1.82, 2.24) is 0 Å². The zero-order valence-corrected chi connectivity index (χ0v) is 21.8. The van der Waals surface area contributed by atoms with E-state index in [2.05, 4.69) is 22.6 Å². The first-order valence-electron chi connectivity index (χ1n) is 11.6. The van der Waals surface area contributed by atoms with E-state index in [0.717, 1.165) is 22.4 Å². The number of aliphatic hydroxyl groups excluding tert-OH is 1. The van der Waals surface area contributed by atoms with Crippen LogP contribution in [0.3, 0.4) is 0 Å². The van der Waals surface area contributed by atoms with Crippen molar-refractivity contribution in [2.24, 2.45) is 0 Å². The molecule has 1 heterocycles. The number of halogens is 1. The number of hydrogen-bond acceptors (Lipinski definition) is 6. The molecule has 0 aromatic heterocycles. The summed E-state index contributed by atoms with van der Waals surface area (Å²) in [6, 6.07) is 27.6. The Bertz CT molecular complexity index is 1000. The molecule has 1 fully saturated rings. The van der Waals surface area contributed by atoms with E-state index in [1.807, 2.05) is 84.9 Å². The van der Waals surface area contributed by atoms with Gasteiger partial charge in [-0.3, -0.25) is 0 Å². The summed E-state index contributed by atoms with van der Waals surface area (Å²) in [4.78, 5) is 0. The van der Waals surface area contributed by atoms with Crippen LogP contribution >= 0.6 is 22.6 Å². The Morgan fingerprint density at radius 1 is 0.686 bits per heavy atom. The molecular formula is C28H31IO6. The highest BCUT2D eigenvalue weighted by atomic mass is 127. The Hall–Kier alpha value is -2.01. The quantitative estimate of drug-likeness (QED) is 0.253. The van der Waals surface area contributed by atoms with Gasteiger partial charge in [0.15, 0.2) is 6.29 Å². The Morgan fingerprint density at radius 3 is 1.69 bits per heavy atom. The molecular weight excluding hydrogens is 559 g/mol. The minimum Gasteiger partial charge on any atom is -0.497 e. The van der Waals surface area contributed by atoms with E-state index >= 15 is 0 Å². The van der Waals surface area contributed by atoms with E-state index in [0.29, 0.717) is 24.2 Å². The normalized spacial score (nSPS) is 24.3. The fourth-order valence-corrected chi connectivity index (χ4v) is 4.74. The van der Waals surface area contributed by atoms with Gasteiger partial charge in [0, 0.05) is 4.43 Å². The SMILES string of the molecule is COc1ccc(COC2C(OCc3ccccc3)[C@H](OCc3ccccc3)C(CI)O[C@@H]2O)cc1. The van der Waals surface area contributed by atoms with Gasteiger partial charge in [-0.1, -0.05) is 95.4 Å². The van der Waals surface area contributed by atoms with Gasteiger partial charge in [-0.15, -0.1) is 0 Å². The van der Waals surface area contributed by atoms with Crippen molar-refractivity contribution in [2.45, 2.75) is 50.5 Å². The lowest BCUT2D eigenvalue weighted by Gasteiger charge is -2.44. The lowest BCUT2D eigenvalue weighted by atomic mass is 9.98. The molecule has 1 N–H and O–H groups in total. The Kier molecular flexibility index (Phi) is 9.93. The van der Waals surface area contributed by atoms with Crippen LogP contribution in [0, 0.1) is 0 Å². The zero-order valence-electron chi connectivity index (χ0n) is 19.7. The van der Waals surface area contributed by atoms with Crippen LogP contribution in [0.5, 0.6) is 5.75 Å². The van der Waals surface area contributed by atoms with Crippen molar-refractivity contribution in [3.63, 3.8) is 0 Å². The minimum atomic E-state index is -1.13. The van der Waals surface area contributed by atoms with Crippen molar-refractivity contribution in [3.8, 4) is 5.75 Å². The monoisotopic (exact) mass is 590 g/mol. The highest BCUT2D eigenvalue weighted by Gasteiger charge is 2.47. The summed E-state index contributed by atoms with van der Waals surface area (Å²) in [6.45, 7) is 1.08. The Labute approximate surface area is 220 Å². The van der Waals surface area contributed by atoms with Gasteiger partial charge in [0.05, 0.1) is 33.0 Å². The van der Waals surface area contributed by atoms with Crippen LogP contribution in [-0.2, 0) is 38.8 Å². The second-order valence-corrected chi connectivity index (χ2v) is 9.25. The molecule has 6 nitrogen and oxygen atoms in total. The third kappa shape index (κ3) is 7.25. The number of benzene rings is 3. The standard InChI is InChI=1S/C28H31IO6/c1-31-23-14-12-22(13-15-23)19-34-27-26(33-18-21-10-6-3-7-11-21)25(24(16-29)35-28(27)30)32-17-20-8-4-2-5-9-20/h2-15,24-28,30H,16-19H2,1H3/t24?,25-,26?,27?,28+/m1/s1. The maximum Gasteiger partial charge on any atom is 0.184 e. The number of methoxy groups -OCH3 is 1. The molecule has 0 amide bonds. The van der Waals surface area contributed by atoms with Crippen LogP contribution in [0.15, 0.2) is 84.9 Å². The average molecular weight is 590 g/mol. The molecule has 0 saturated carbocycles. The largest absolute Gasteiger partial charge is 0.497 e. The van der Waals surface area contributed by atoms with E-state index in [4.69, 9.17) is 23.7 Å². The smallest absolute Gasteiger partial charge is 0.184 e. The van der Waals surface area contributed by atoms with E-state index in [-0.39, 0.29) is 6.10 Å². The van der Waals surface area contributed by atoms with Crippen molar-refractivity contribution >= 4 is 22.6 Å². The summed E-state index contributed by atoms with van der Waals surface area (Å²) in [5.41, 5.74) is 3.05. The molecule has 0 bridgehead atoms. The fraction of sp³-hybridized carbons (Fsp3) is 0.357. The summed E-state index contributed by atoms with van der Waals surface area (Å²) < 4.78 is 30.8. The second-order valence-electron chi connectivity index (χ2n) is 8.37. The maximum atomic E-state index is 10.9. The molecule has 1 aliphatic heterocycles. The predicted octanol–water partition coefficient (Wildman–Crippen LogP) is 4.90. The molecule has 4 rings (SSSR count). The van der Waals surface area contributed by atoms with Gasteiger partial charge in [-0.2, -0.15) is 0 Å². The van der Waals surface area contributed by atoms with Crippen LogP contribution < -0.4 is 4.74 Å². The summed E-state index contributed by atoms with van der Waals surface area (Å²) in [5.74, 6) is 0.776. The molecule has 35 heavy (non-hydrogen) atoms. The first kappa shape index (κ1) is 26.1. The third-order valence-corrected chi connectivity index (χ3v) is 6.80. The molecule has 1 saturated heterocycles. The third-order valence-electron chi connectivity index (χ3n) is 5.93. The molecule has 0 radical (unpaired) electrons.